The molecule has 0 unspecified atom stereocenters. The average Bonchev–Trinajstić information content (AvgIpc) is 3.19. The van der Waals surface area contributed by atoms with Crippen molar-refractivity contribution in [3.8, 4) is 0 Å². The van der Waals surface area contributed by atoms with Crippen LogP contribution in [0, 0.1) is 11.6 Å². The molecule has 0 saturated heterocycles. The summed E-state index contributed by atoms with van der Waals surface area (Å²) in [5.74, 6) is -0.654. The van der Waals surface area contributed by atoms with E-state index in [0.29, 0.717) is 27.8 Å². The van der Waals surface area contributed by atoms with Crippen LogP contribution >= 0.6 is 11.8 Å². The quantitative estimate of drug-likeness (QED) is 0.551. The molecule has 176 valence electrons. The van der Waals surface area contributed by atoms with Crippen molar-refractivity contribution in [3.63, 3.8) is 0 Å². The lowest BCUT2D eigenvalue weighted by atomic mass is 10.1. The first kappa shape index (κ1) is 22.9. The first-order valence-electron chi connectivity index (χ1n) is 11.0. The third kappa shape index (κ3) is 4.85. The van der Waals surface area contributed by atoms with Crippen molar-refractivity contribution < 1.29 is 18.4 Å². The summed E-state index contributed by atoms with van der Waals surface area (Å²) in [5.41, 5.74) is 2.60. The van der Waals surface area contributed by atoms with E-state index in [4.69, 9.17) is 0 Å². The molecule has 2 heterocycles. The van der Waals surface area contributed by atoms with Crippen LogP contribution in [-0.2, 0) is 21.9 Å². The van der Waals surface area contributed by atoms with Crippen molar-refractivity contribution in [2.45, 2.75) is 24.8 Å². The Kier molecular flexibility index (Phi) is 6.41. The topological polar surface area (TPSA) is 74.1 Å². The zero-order valence-corrected chi connectivity index (χ0v) is 19.3. The van der Waals surface area contributed by atoms with Crippen LogP contribution < -0.4 is 5.32 Å². The van der Waals surface area contributed by atoms with Crippen molar-refractivity contribution in [3.05, 3.63) is 101 Å². The van der Waals surface area contributed by atoms with E-state index in [2.05, 4.69) is 15.3 Å². The van der Waals surface area contributed by atoms with Gasteiger partial charge in [-0.15, -0.1) is 0 Å². The van der Waals surface area contributed by atoms with E-state index < -0.39 is 6.04 Å². The van der Waals surface area contributed by atoms with Crippen LogP contribution in [-0.4, -0.2) is 33.8 Å². The molecular weight excluding hydrogens is 470 g/mol. The number of nitrogens with zero attached hydrogens (tertiary/aromatic N) is 3. The number of aliphatic imine (C=N–C) groups is 2. The summed E-state index contributed by atoms with van der Waals surface area (Å²) in [7, 11) is 0. The van der Waals surface area contributed by atoms with Gasteiger partial charge in [0.1, 0.15) is 23.5 Å². The number of nitrogens with one attached hydrogen (secondary N) is 1. The molecule has 0 aliphatic carbocycles. The molecule has 1 atom stereocenters. The number of thioether (sulfide) groups is 1. The fraction of sp³-hybridized carbons (Fsp3) is 0.154. The van der Waals surface area contributed by atoms with E-state index in [-0.39, 0.29) is 42.2 Å². The number of halogens is 2. The zero-order valence-electron chi connectivity index (χ0n) is 18.4. The first-order chi connectivity index (χ1) is 17.0. The second-order valence-electron chi connectivity index (χ2n) is 8.04. The van der Waals surface area contributed by atoms with Crippen molar-refractivity contribution in [2.24, 2.45) is 9.98 Å². The molecule has 2 amide bonds. The van der Waals surface area contributed by atoms with E-state index in [1.165, 1.54) is 34.9 Å². The maximum absolute atomic E-state index is 14.1. The molecule has 0 radical (unpaired) electrons. The predicted octanol–water partition coefficient (Wildman–Crippen LogP) is 4.56. The van der Waals surface area contributed by atoms with E-state index in [9.17, 15) is 18.4 Å². The molecule has 5 rings (SSSR count). The number of carbonyl (C=O) groups is 2. The number of hydrogen-bond donors (Lipinski definition) is 1. The number of fused-ring (bicyclic) bond motifs is 3. The van der Waals surface area contributed by atoms with Crippen LogP contribution in [0.3, 0.4) is 0 Å². The lowest BCUT2D eigenvalue weighted by Crippen LogP contribution is -2.42. The van der Waals surface area contributed by atoms with Gasteiger partial charge >= 0.3 is 0 Å². The van der Waals surface area contributed by atoms with Crippen LogP contribution in [0.4, 0.5) is 14.5 Å². The summed E-state index contributed by atoms with van der Waals surface area (Å²) in [6, 6.07) is 18.7. The van der Waals surface area contributed by atoms with Crippen molar-refractivity contribution >= 4 is 40.3 Å². The number of carbonyl (C=O) groups excluding carboxylic acids is 2. The number of rotatable bonds is 6. The van der Waals surface area contributed by atoms with Crippen LogP contribution in [0.25, 0.3) is 0 Å². The Balaban J connectivity index is 1.33. The largest absolute Gasteiger partial charge is 0.352 e. The molecule has 0 saturated carbocycles. The summed E-state index contributed by atoms with van der Waals surface area (Å²) in [5, 5.41) is 3.15. The molecular formula is C26H20F2N4O2S. The standard InChI is InChI=1S/C26H20F2N4O2S/c27-18-11-9-16(10-12-18)14-29-23(33)13-22-25(34)32-24(30-22)19-6-2-4-8-21(19)31-26(32)35-15-17-5-1-3-7-20(17)28/h1-12,22H,13-15H2,(H,29,33)/t22-/m1/s1. The minimum Gasteiger partial charge on any atom is -0.352 e. The smallest absolute Gasteiger partial charge is 0.259 e. The van der Waals surface area contributed by atoms with Gasteiger partial charge in [0.2, 0.25) is 5.91 Å². The molecule has 35 heavy (non-hydrogen) atoms. The Bertz CT molecular complexity index is 1360. The van der Waals surface area contributed by atoms with Crippen LogP contribution in [0.2, 0.25) is 0 Å². The highest BCUT2D eigenvalue weighted by atomic mass is 32.2. The number of amides is 2. The molecule has 0 fully saturated rings. The first-order valence-corrected chi connectivity index (χ1v) is 12.0. The number of para-hydroxylation sites is 1. The van der Waals surface area contributed by atoms with E-state index in [1.807, 2.05) is 24.3 Å². The monoisotopic (exact) mass is 490 g/mol. The second kappa shape index (κ2) is 9.79. The van der Waals surface area contributed by atoms with Crippen LogP contribution in [0.15, 0.2) is 82.8 Å². The third-order valence-electron chi connectivity index (χ3n) is 5.64. The molecule has 0 aromatic heterocycles. The molecule has 0 spiro atoms. The summed E-state index contributed by atoms with van der Waals surface area (Å²) >= 11 is 1.24. The lowest BCUT2D eigenvalue weighted by Gasteiger charge is -2.25. The molecule has 3 aromatic carbocycles. The normalized spacial score (nSPS) is 16.3. The van der Waals surface area contributed by atoms with Crippen molar-refractivity contribution in [1.29, 1.82) is 0 Å². The van der Waals surface area contributed by atoms with Crippen molar-refractivity contribution in [2.75, 3.05) is 0 Å². The summed E-state index contributed by atoms with van der Waals surface area (Å²) in [6.45, 7) is 0.217. The highest BCUT2D eigenvalue weighted by Crippen LogP contribution is 2.35. The molecule has 0 bridgehead atoms. The maximum atomic E-state index is 14.1. The molecule has 6 nitrogen and oxygen atoms in total. The molecule has 2 aliphatic heterocycles. The van der Waals surface area contributed by atoms with Gasteiger partial charge in [-0.25, -0.2) is 18.7 Å². The highest BCUT2D eigenvalue weighted by Gasteiger charge is 2.42. The van der Waals surface area contributed by atoms with Crippen LogP contribution in [0.5, 0.6) is 0 Å². The number of benzene rings is 3. The minimum atomic E-state index is -0.899. The van der Waals surface area contributed by atoms with Gasteiger partial charge in [-0.3, -0.25) is 14.6 Å². The molecule has 9 heteroatoms. The zero-order chi connectivity index (χ0) is 24.4. The number of amidine groups is 2. The summed E-state index contributed by atoms with van der Waals surface area (Å²) in [4.78, 5) is 36.5. The second-order valence-corrected chi connectivity index (χ2v) is 8.98. The van der Waals surface area contributed by atoms with Gasteiger partial charge < -0.3 is 5.32 Å². The molecule has 2 aliphatic rings. The van der Waals surface area contributed by atoms with E-state index in [1.54, 1.807) is 30.3 Å². The van der Waals surface area contributed by atoms with Gasteiger partial charge in [-0.1, -0.05) is 54.2 Å². The Hall–Kier alpha value is -3.85. The minimum absolute atomic E-state index is 0.131. The van der Waals surface area contributed by atoms with Crippen LogP contribution in [0.1, 0.15) is 23.1 Å². The fourth-order valence-electron chi connectivity index (χ4n) is 3.84. The van der Waals surface area contributed by atoms with Gasteiger partial charge in [0.25, 0.3) is 5.91 Å². The Labute approximate surface area is 204 Å². The fourth-order valence-corrected chi connectivity index (χ4v) is 4.83. The SMILES string of the molecule is O=C(C[C@H]1N=C2c3ccccc3N=C(SCc3ccccc3F)N2C1=O)NCc1ccc(F)cc1. The Morgan fingerprint density at radius 3 is 2.54 bits per heavy atom. The van der Waals surface area contributed by atoms with Crippen molar-refractivity contribution in [1.82, 2.24) is 10.2 Å². The van der Waals surface area contributed by atoms with Gasteiger partial charge in [-0.05, 0) is 41.5 Å². The summed E-state index contributed by atoms with van der Waals surface area (Å²) < 4.78 is 27.2. The Morgan fingerprint density at radius 2 is 1.74 bits per heavy atom. The Morgan fingerprint density at radius 1 is 1.00 bits per heavy atom. The van der Waals surface area contributed by atoms with Gasteiger partial charge in [0.05, 0.1) is 12.1 Å². The third-order valence-corrected chi connectivity index (χ3v) is 6.63. The van der Waals surface area contributed by atoms with Gasteiger partial charge in [-0.2, -0.15) is 0 Å². The lowest BCUT2D eigenvalue weighted by molar-refractivity contribution is -0.128. The van der Waals surface area contributed by atoms with Gasteiger partial charge in [0.15, 0.2) is 5.17 Å². The summed E-state index contributed by atoms with van der Waals surface area (Å²) in [6.07, 6.45) is -0.131. The number of hydrogen-bond acceptors (Lipinski definition) is 5. The highest BCUT2D eigenvalue weighted by molar-refractivity contribution is 8.13. The predicted molar refractivity (Wildman–Crippen MR) is 131 cm³/mol. The molecule has 3 aromatic rings. The molecule has 1 N–H and O–H groups in total. The van der Waals surface area contributed by atoms with Gasteiger partial charge in [0, 0.05) is 17.9 Å². The maximum Gasteiger partial charge on any atom is 0.259 e. The van der Waals surface area contributed by atoms with E-state index >= 15 is 0 Å². The van der Waals surface area contributed by atoms with E-state index in [0.717, 1.165) is 5.56 Å². The average molecular weight is 491 g/mol.